The first kappa shape index (κ1) is 8.90. The molecular weight excluding hydrogens is 199 g/mol. The first-order chi connectivity index (χ1) is 3.93. The molecule has 1 rings (SSSR count). The Balaban J connectivity index is 0.000000640. The van der Waals surface area contributed by atoms with Crippen molar-refractivity contribution in [3.8, 4) is 0 Å². The van der Waals surface area contributed by atoms with E-state index in [0.29, 0.717) is 0 Å². The fourth-order valence-corrected chi connectivity index (χ4v) is 0.792. The van der Waals surface area contributed by atoms with Gasteiger partial charge in [-0.25, -0.2) is 0 Å². The molecule has 1 aromatic heterocycles. The molecule has 0 amide bonds. The Morgan fingerprint density at radius 2 is 2.33 bits per heavy atom. The molecule has 0 aromatic carbocycles. The SMILES string of the molecule is CCCc1ccc[nH]1.[Ru]. The summed E-state index contributed by atoms with van der Waals surface area (Å²) in [4.78, 5) is 3.14. The van der Waals surface area contributed by atoms with E-state index in [0.717, 1.165) is 0 Å². The van der Waals surface area contributed by atoms with E-state index in [4.69, 9.17) is 0 Å². The van der Waals surface area contributed by atoms with Gasteiger partial charge in [0.2, 0.25) is 0 Å². The van der Waals surface area contributed by atoms with Gasteiger partial charge in [0.1, 0.15) is 0 Å². The van der Waals surface area contributed by atoms with Crippen LogP contribution in [0.5, 0.6) is 0 Å². The van der Waals surface area contributed by atoms with Gasteiger partial charge in [-0.05, 0) is 18.6 Å². The van der Waals surface area contributed by atoms with E-state index in [1.807, 2.05) is 12.3 Å². The Morgan fingerprint density at radius 3 is 2.78 bits per heavy atom. The molecular formula is C7H11NRu. The first-order valence-electron chi connectivity index (χ1n) is 3.05. The average Bonchev–Trinajstić information content (AvgIpc) is 2.19. The third-order valence-electron chi connectivity index (χ3n) is 1.18. The Morgan fingerprint density at radius 1 is 1.56 bits per heavy atom. The number of hydrogen-bond acceptors (Lipinski definition) is 0. The fourth-order valence-electron chi connectivity index (χ4n) is 0.792. The summed E-state index contributed by atoms with van der Waals surface area (Å²) in [5.74, 6) is 0. The molecule has 0 aliphatic heterocycles. The second kappa shape index (κ2) is 4.75. The zero-order valence-electron chi connectivity index (χ0n) is 5.50. The van der Waals surface area contributed by atoms with Crippen LogP contribution in [0.2, 0.25) is 0 Å². The largest absolute Gasteiger partial charge is 0.365 e. The van der Waals surface area contributed by atoms with Crippen LogP contribution in [0.25, 0.3) is 0 Å². The summed E-state index contributed by atoms with van der Waals surface area (Å²) in [6, 6.07) is 4.15. The zero-order chi connectivity index (χ0) is 5.82. The van der Waals surface area contributed by atoms with Crippen LogP contribution in [0.3, 0.4) is 0 Å². The summed E-state index contributed by atoms with van der Waals surface area (Å²) in [6.07, 6.45) is 4.36. The molecule has 0 radical (unpaired) electrons. The molecule has 2 heteroatoms. The predicted octanol–water partition coefficient (Wildman–Crippen LogP) is 1.96. The molecule has 9 heavy (non-hydrogen) atoms. The number of H-pyrrole nitrogens is 1. The molecule has 0 bridgehead atoms. The summed E-state index contributed by atoms with van der Waals surface area (Å²) >= 11 is 0. The minimum atomic E-state index is 0. The number of aromatic nitrogens is 1. The van der Waals surface area contributed by atoms with Crippen LogP contribution in [0.15, 0.2) is 18.3 Å². The number of rotatable bonds is 2. The van der Waals surface area contributed by atoms with E-state index < -0.39 is 0 Å². The molecule has 1 aromatic rings. The van der Waals surface area contributed by atoms with Crippen molar-refractivity contribution in [2.45, 2.75) is 19.8 Å². The van der Waals surface area contributed by atoms with Gasteiger partial charge in [0.05, 0.1) is 0 Å². The second-order valence-electron chi connectivity index (χ2n) is 1.95. The van der Waals surface area contributed by atoms with Gasteiger partial charge in [-0.2, -0.15) is 0 Å². The number of hydrogen-bond donors (Lipinski definition) is 1. The first-order valence-corrected chi connectivity index (χ1v) is 3.05. The molecule has 0 saturated carbocycles. The van der Waals surface area contributed by atoms with E-state index in [9.17, 15) is 0 Å². The maximum absolute atomic E-state index is 3.14. The van der Waals surface area contributed by atoms with E-state index in [-0.39, 0.29) is 19.5 Å². The topological polar surface area (TPSA) is 15.8 Å². The molecule has 1 heterocycles. The molecule has 1 nitrogen and oxygen atoms in total. The Kier molecular flexibility index (Phi) is 4.70. The summed E-state index contributed by atoms with van der Waals surface area (Å²) in [5, 5.41) is 0. The van der Waals surface area contributed by atoms with E-state index in [2.05, 4.69) is 18.0 Å². The fraction of sp³-hybridized carbons (Fsp3) is 0.429. The normalized spacial score (nSPS) is 8.56. The van der Waals surface area contributed by atoms with Gasteiger partial charge in [0.25, 0.3) is 0 Å². The number of aromatic amines is 1. The van der Waals surface area contributed by atoms with Crippen molar-refractivity contribution in [2.24, 2.45) is 0 Å². The van der Waals surface area contributed by atoms with Crippen molar-refractivity contribution in [1.29, 1.82) is 0 Å². The van der Waals surface area contributed by atoms with Crippen LogP contribution in [-0.4, -0.2) is 4.98 Å². The molecule has 52 valence electrons. The van der Waals surface area contributed by atoms with Crippen molar-refractivity contribution >= 4 is 0 Å². The summed E-state index contributed by atoms with van der Waals surface area (Å²) < 4.78 is 0. The zero-order valence-corrected chi connectivity index (χ0v) is 7.24. The minimum absolute atomic E-state index is 0. The molecule has 0 saturated heterocycles. The van der Waals surface area contributed by atoms with Crippen molar-refractivity contribution in [3.63, 3.8) is 0 Å². The summed E-state index contributed by atoms with van der Waals surface area (Å²) in [6.45, 7) is 2.18. The van der Waals surface area contributed by atoms with E-state index in [1.54, 1.807) is 0 Å². The maximum atomic E-state index is 3.14. The van der Waals surface area contributed by atoms with Crippen LogP contribution in [0, 0.1) is 0 Å². The summed E-state index contributed by atoms with van der Waals surface area (Å²) in [7, 11) is 0. The number of aryl methyl sites for hydroxylation is 1. The van der Waals surface area contributed by atoms with Crippen molar-refractivity contribution in [1.82, 2.24) is 4.98 Å². The molecule has 1 N–H and O–H groups in total. The van der Waals surface area contributed by atoms with Gasteiger partial charge in [0, 0.05) is 31.4 Å². The third-order valence-corrected chi connectivity index (χ3v) is 1.18. The Hall–Kier alpha value is -0.0966. The van der Waals surface area contributed by atoms with Gasteiger partial charge >= 0.3 is 0 Å². The van der Waals surface area contributed by atoms with Crippen LogP contribution in [0.4, 0.5) is 0 Å². The molecule has 0 aliphatic rings. The van der Waals surface area contributed by atoms with E-state index in [1.165, 1.54) is 18.5 Å². The molecule has 0 fully saturated rings. The van der Waals surface area contributed by atoms with Gasteiger partial charge in [-0.1, -0.05) is 13.3 Å². The van der Waals surface area contributed by atoms with Crippen LogP contribution in [0.1, 0.15) is 19.0 Å². The maximum Gasteiger partial charge on any atom is 0.0147 e. The van der Waals surface area contributed by atoms with Gasteiger partial charge in [-0.3, -0.25) is 0 Å². The van der Waals surface area contributed by atoms with Gasteiger partial charge in [0.15, 0.2) is 0 Å². The number of nitrogens with one attached hydrogen (secondary N) is 1. The average molecular weight is 210 g/mol. The molecule has 0 unspecified atom stereocenters. The smallest absolute Gasteiger partial charge is 0.0147 e. The van der Waals surface area contributed by atoms with Crippen LogP contribution in [-0.2, 0) is 25.9 Å². The Bertz CT molecular complexity index is 135. The summed E-state index contributed by atoms with van der Waals surface area (Å²) in [5.41, 5.74) is 1.34. The second-order valence-corrected chi connectivity index (χ2v) is 1.95. The van der Waals surface area contributed by atoms with Gasteiger partial charge < -0.3 is 4.98 Å². The predicted molar refractivity (Wildman–Crippen MR) is 34.8 cm³/mol. The van der Waals surface area contributed by atoms with Crippen molar-refractivity contribution < 1.29 is 19.5 Å². The van der Waals surface area contributed by atoms with Crippen LogP contribution >= 0.6 is 0 Å². The van der Waals surface area contributed by atoms with Crippen molar-refractivity contribution in [3.05, 3.63) is 24.0 Å². The van der Waals surface area contributed by atoms with Crippen LogP contribution < -0.4 is 0 Å². The van der Waals surface area contributed by atoms with Gasteiger partial charge in [-0.15, -0.1) is 0 Å². The Labute approximate surface area is 68.6 Å². The monoisotopic (exact) mass is 211 g/mol. The molecule has 0 atom stereocenters. The quantitative estimate of drug-likeness (QED) is 0.718. The molecule has 0 spiro atoms. The minimum Gasteiger partial charge on any atom is -0.365 e. The standard InChI is InChI=1S/C7H11N.Ru/c1-2-4-7-5-3-6-8-7;/h3,5-6,8H,2,4H2,1H3;. The molecule has 0 aliphatic carbocycles. The van der Waals surface area contributed by atoms with E-state index >= 15 is 0 Å². The third kappa shape index (κ3) is 2.81. The van der Waals surface area contributed by atoms with Crippen molar-refractivity contribution in [2.75, 3.05) is 0 Å².